The maximum atomic E-state index is 13.7. The van der Waals surface area contributed by atoms with E-state index in [0.29, 0.717) is 30.2 Å². The molecule has 2 aromatic carbocycles. The van der Waals surface area contributed by atoms with Crippen molar-refractivity contribution in [3.8, 4) is 0 Å². The summed E-state index contributed by atoms with van der Waals surface area (Å²) in [6, 6.07) is 13.1. The molecule has 1 fully saturated rings. The molecule has 30 heavy (non-hydrogen) atoms. The van der Waals surface area contributed by atoms with E-state index in [2.05, 4.69) is 15.3 Å². The molecule has 2 amide bonds. The van der Waals surface area contributed by atoms with Gasteiger partial charge in [0, 0.05) is 17.9 Å². The molecule has 1 aromatic heterocycles. The molecule has 1 spiro atoms. The molecule has 2 aliphatic rings. The molecule has 0 saturated carbocycles. The summed E-state index contributed by atoms with van der Waals surface area (Å²) in [4.78, 5) is 36.0. The molecule has 5 rings (SSSR count). The summed E-state index contributed by atoms with van der Waals surface area (Å²) in [5.74, 6) is -0.0748. The maximum absolute atomic E-state index is 13.7. The Kier molecular flexibility index (Phi) is 4.03. The van der Waals surface area contributed by atoms with Gasteiger partial charge in [-0.2, -0.15) is 0 Å². The van der Waals surface area contributed by atoms with Gasteiger partial charge < -0.3 is 15.2 Å². The Morgan fingerprint density at radius 1 is 1.17 bits per heavy atom. The van der Waals surface area contributed by atoms with Crippen LogP contribution in [-0.2, 0) is 10.2 Å². The number of anilines is 1. The Bertz CT molecular complexity index is 1170. The average molecular weight is 404 g/mol. The Morgan fingerprint density at radius 3 is 2.60 bits per heavy atom. The second kappa shape index (κ2) is 6.52. The highest BCUT2D eigenvalue weighted by Gasteiger charge is 2.59. The van der Waals surface area contributed by atoms with Gasteiger partial charge in [-0.25, -0.2) is 9.37 Å². The number of nitrogens with one attached hydrogen (secondary N) is 2. The van der Waals surface area contributed by atoms with Gasteiger partial charge in [-0.1, -0.05) is 30.3 Å². The highest BCUT2D eigenvalue weighted by Crippen LogP contribution is 2.54. The summed E-state index contributed by atoms with van der Waals surface area (Å²) < 4.78 is 13.7. The second-order valence-electron chi connectivity index (χ2n) is 7.97. The van der Waals surface area contributed by atoms with E-state index in [9.17, 15) is 14.0 Å². The molecule has 6 nitrogen and oxygen atoms in total. The first kappa shape index (κ1) is 18.5. The molecule has 2 aliphatic heterocycles. The number of carbonyl (C=O) groups excluding carboxylic acids is 2. The molecule has 0 radical (unpaired) electrons. The molecule has 0 unspecified atom stereocenters. The van der Waals surface area contributed by atoms with Crippen molar-refractivity contribution in [3.63, 3.8) is 0 Å². The summed E-state index contributed by atoms with van der Waals surface area (Å²) in [6.07, 6.45) is 0.478. The van der Waals surface area contributed by atoms with Gasteiger partial charge >= 0.3 is 0 Å². The number of halogens is 1. The Labute approximate surface area is 173 Å². The minimum Gasteiger partial charge on any atom is -0.346 e. The fourth-order valence-electron chi connectivity index (χ4n) is 4.97. The number of rotatable bonds is 2. The number of H-pyrrole nitrogens is 1. The molecule has 3 heterocycles. The lowest BCUT2D eigenvalue weighted by Gasteiger charge is -2.34. The van der Waals surface area contributed by atoms with Crippen LogP contribution in [0.1, 0.15) is 45.6 Å². The van der Waals surface area contributed by atoms with E-state index in [-0.39, 0.29) is 17.6 Å². The molecule has 7 heteroatoms. The van der Waals surface area contributed by atoms with Crippen LogP contribution in [-0.4, -0.2) is 33.2 Å². The van der Waals surface area contributed by atoms with Crippen molar-refractivity contribution in [1.29, 1.82) is 0 Å². The van der Waals surface area contributed by atoms with Crippen molar-refractivity contribution in [3.05, 3.63) is 82.7 Å². The van der Waals surface area contributed by atoms with Gasteiger partial charge in [0.2, 0.25) is 5.91 Å². The van der Waals surface area contributed by atoms with Crippen LogP contribution in [0.2, 0.25) is 0 Å². The van der Waals surface area contributed by atoms with Crippen molar-refractivity contribution < 1.29 is 14.0 Å². The van der Waals surface area contributed by atoms with E-state index in [1.807, 2.05) is 31.2 Å². The van der Waals surface area contributed by atoms with Crippen LogP contribution in [0.4, 0.5) is 10.1 Å². The van der Waals surface area contributed by atoms with Gasteiger partial charge in [-0.15, -0.1) is 0 Å². The lowest BCUT2D eigenvalue weighted by molar-refractivity contribution is -0.121. The van der Waals surface area contributed by atoms with Crippen LogP contribution < -0.4 is 5.32 Å². The Hall–Kier alpha value is -3.48. The van der Waals surface area contributed by atoms with E-state index in [1.54, 1.807) is 24.0 Å². The third kappa shape index (κ3) is 2.51. The van der Waals surface area contributed by atoms with Gasteiger partial charge in [-0.3, -0.25) is 9.59 Å². The van der Waals surface area contributed by atoms with Gasteiger partial charge in [0.05, 0.1) is 6.04 Å². The lowest BCUT2D eigenvalue weighted by atomic mass is 9.72. The number of aryl methyl sites for hydroxylation is 2. The number of benzene rings is 2. The van der Waals surface area contributed by atoms with Crippen LogP contribution in [0.15, 0.2) is 48.5 Å². The standard InChI is InChI=1S/C23H21FN4O2/c1-13-19(26-14(2)25-13)21(29)28-12-11-23(20(28)15-7-9-16(24)10-8-15)17-5-3-4-6-18(17)27-22(23)30/h3-10,20H,11-12H2,1-2H3,(H,25,26)(H,27,30)/t20-,23+/m0/s1. The summed E-state index contributed by atoms with van der Waals surface area (Å²) in [5, 5.41) is 2.98. The number of carbonyl (C=O) groups is 2. The number of aromatic amines is 1. The van der Waals surface area contributed by atoms with Crippen molar-refractivity contribution in [1.82, 2.24) is 14.9 Å². The fraction of sp³-hybridized carbons (Fsp3) is 0.261. The number of para-hydroxylation sites is 1. The minimum absolute atomic E-state index is 0.136. The van der Waals surface area contributed by atoms with Crippen molar-refractivity contribution in [2.75, 3.05) is 11.9 Å². The second-order valence-corrected chi connectivity index (χ2v) is 7.97. The van der Waals surface area contributed by atoms with Crippen molar-refractivity contribution >= 4 is 17.5 Å². The minimum atomic E-state index is -0.927. The van der Waals surface area contributed by atoms with Crippen LogP contribution in [0.3, 0.4) is 0 Å². The average Bonchev–Trinajstić information content (AvgIpc) is 3.37. The number of nitrogens with zero attached hydrogens (tertiary/aromatic N) is 2. The molecule has 2 N–H and O–H groups in total. The SMILES string of the molecule is Cc1nc(C(=O)N2CC[C@]3(C(=O)Nc4ccccc43)[C@@H]2c2ccc(F)cc2)c(C)[nH]1. The zero-order valence-corrected chi connectivity index (χ0v) is 16.7. The molecule has 2 atom stereocenters. The van der Waals surface area contributed by atoms with E-state index >= 15 is 0 Å². The third-order valence-corrected chi connectivity index (χ3v) is 6.24. The Balaban J connectivity index is 1.68. The van der Waals surface area contributed by atoms with Crippen LogP contribution in [0, 0.1) is 19.7 Å². The third-order valence-electron chi connectivity index (χ3n) is 6.24. The molecule has 0 aliphatic carbocycles. The maximum Gasteiger partial charge on any atom is 0.274 e. The normalized spacial score (nSPS) is 22.4. The van der Waals surface area contributed by atoms with Crippen molar-refractivity contribution in [2.24, 2.45) is 0 Å². The monoisotopic (exact) mass is 404 g/mol. The van der Waals surface area contributed by atoms with Gasteiger partial charge in [-0.05, 0) is 49.6 Å². The lowest BCUT2D eigenvalue weighted by Crippen LogP contribution is -2.42. The molecular weight excluding hydrogens is 383 g/mol. The predicted molar refractivity (Wildman–Crippen MR) is 110 cm³/mol. The number of amides is 2. The van der Waals surface area contributed by atoms with Gasteiger partial charge in [0.1, 0.15) is 22.8 Å². The molecule has 1 saturated heterocycles. The number of likely N-dealkylation sites (tertiary alicyclic amines) is 1. The Morgan fingerprint density at radius 2 is 1.90 bits per heavy atom. The highest BCUT2D eigenvalue weighted by molar-refractivity contribution is 6.08. The van der Waals surface area contributed by atoms with E-state index in [1.165, 1.54) is 12.1 Å². The topological polar surface area (TPSA) is 78.1 Å². The van der Waals surface area contributed by atoms with Crippen molar-refractivity contribution in [2.45, 2.75) is 31.7 Å². The smallest absolute Gasteiger partial charge is 0.274 e. The predicted octanol–water partition coefficient (Wildman–Crippen LogP) is 3.64. The largest absolute Gasteiger partial charge is 0.346 e. The molecular formula is C23H21FN4O2. The summed E-state index contributed by atoms with van der Waals surface area (Å²) >= 11 is 0. The number of fused-ring (bicyclic) bond motifs is 2. The van der Waals surface area contributed by atoms with Crippen LogP contribution >= 0.6 is 0 Å². The molecule has 0 bridgehead atoms. The summed E-state index contributed by atoms with van der Waals surface area (Å²) in [5.41, 5.74) is 2.46. The van der Waals surface area contributed by atoms with Gasteiger partial charge in [0.25, 0.3) is 5.91 Å². The van der Waals surface area contributed by atoms with Gasteiger partial charge in [0.15, 0.2) is 0 Å². The summed E-state index contributed by atoms with van der Waals surface area (Å²) in [7, 11) is 0. The number of hydrogen-bond acceptors (Lipinski definition) is 3. The first-order valence-corrected chi connectivity index (χ1v) is 9.92. The zero-order chi connectivity index (χ0) is 21.0. The van der Waals surface area contributed by atoms with E-state index in [4.69, 9.17) is 0 Å². The quantitative estimate of drug-likeness (QED) is 0.685. The first-order valence-electron chi connectivity index (χ1n) is 9.92. The summed E-state index contributed by atoms with van der Waals surface area (Å²) in [6.45, 7) is 4.00. The highest BCUT2D eigenvalue weighted by atomic mass is 19.1. The van der Waals surface area contributed by atoms with E-state index in [0.717, 1.165) is 16.8 Å². The number of imidazole rings is 1. The molecule has 152 valence electrons. The molecule has 3 aromatic rings. The zero-order valence-electron chi connectivity index (χ0n) is 16.7. The first-order chi connectivity index (χ1) is 14.4. The van der Waals surface area contributed by atoms with Crippen LogP contribution in [0.5, 0.6) is 0 Å². The number of aromatic nitrogens is 2. The van der Waals surface area contributed by atoms with Crippen LogP contribution in [0.25, 0.3) is 0 Å². The van der Waals surface area contributed by atoms with E-state index < -0.39 is 11.5 Å². The fourth-order valence-corrected chi connectivity index (χ4v) is 4.97. The number of hydrogen-bond donors (Lipinski definition) is 2.